The molecular weight excluding hydrogens is 408 g/mol. The van der Waals surface area contributed by atoms with E-state index in [-0.39, 0.29) is 23.8 Å². The Balaban J connectivity index is 1.62. The number of nitrogens with one attached hydrogen (secondary N) is 1. The predicted molar refractivity (Wildman–Crippen MR) is 113 cm³/mol. The predicted octanol–water partition coefficient (Wildman–Crippen LogP) is 3.86. The number of carbonyl (C=O) groups is 1. The molecule has 0 aliphatic rings. The number of benzene rings is 1. The van der Waals surface area contributed by atoms with Crippen molar-refractivity contribution in [1.82, 2.24) is 9.62 Å². The van der Waals surface area contributed by atoms with Crippen LogP contribution >= 0.6 is 11.3 Å². The second-order valence-corrected chi connectivity index (χ2v) is 9.60. The molecule has 0 spiro atoms. The van der Waals surface area contributed by atoms with Gasteiger partial charge >= 0.3 is 0 Å². The van der Waals surface area contributed by atoms with Gasteiger partial charge in [0.1, 0.15) is 5.76 Å². The Kier molecular flexibility index (Phi) is 6.89. The molecular formula is C21H24N2O4S2. The van der Waals surface area contributed by atoms with Gasteiger partial charge in [0.25, 0.3) is 0 Å². The summed E-state index contributed by atoms with van der Waals surface area (Å²) in [5.41, 5.74) is 1.94. The van der Waals surface area contributed by atoms with Crippen LogP contribution in [0.15, 0.2) is 63.4 Å². The van der Waals surface area contributed by atoms with Crippen LogP contribution in [-0.4, -0.2) is 25.8 Å². The number of sulfonamides is 1. The summed E-state index contributed by atoms with van der Waals surface area (Å²) in [5.74, 6) is 0.545. The zero-order valence-corrected chi connectivity index (χ0v) is 18.1. The van der Waals surface area contributed by atoms with Crippen molar-refractivity contribution in [3.8, 4) is 0 Å². The number of thiophene rings is 1. The molecule has 1 aromatic carbocycles. The number of aryl methyl sites for hydroxylation is 2. The molecule has 1 amide bonds. The first-order chi connectivity index (χ1) is 13.8. The van der Waals surface area contributed by atoms with Crippen LogP contribution in [0.3, 0.4) is 0 Å². The van der Waals surface area contributed by atoms with E-state index in [1.807, 2.05) is 37.4 Å². The first-order valence-corrected chi connectivity index (χ1v) is 11.6. The van der Waals surface area contributed by atoms with Gasteiger partial charge in [0, 0.05) is 17.8 Å². The van der Waals surface area contributed by atoms with Gasteiger partial charge in [0.2, 0.25) is 15.9 Å². The third-order valence-electron chi connectivity index (χ3n) is 4.63. The number of hydrogen-bond acceptors (Lipinski definition) is 5. The van der Waals surface area contributed by atoms with Gasteiger partial charge < -0.3 is 9.32 Å². The van der Waals surface area contributed by atoms with E-state index < -0.39 is 10.0 Å². The highest BCUT2D eigenvalue weighted by molar-refractivity contribution is 7.89. The maximum Gasteiger partial charge on any atom is 0.240 e. The van der Waals surface area contributed by atoms with E-state index in [1.165, 1.54) is 0 Å². The first kappa shape index (κ1) is 21.3. The zero-order chi connectivity index (χ0) is 20.9. The summed E-state index contributed by atoms with van der Waals surface area (Å²) in [7, 11) is -3.66. The molecule has 8 heteroatoms. The lowest BCUT2D eigenvalue weighted by molar-refractivity contribution is -0.132. The average molecular weight is 433 g/mol. The van der Waals surface area contributed by atoms with Gasteiger partial charge in [-0.25, -0.2) is 13.1 Å². The minimum absolute atomic E-state index is 0.0349. The lowest BCUT2D eigenvalue weighted by Gasteiger charge is -2.21. The molecule has 0 unspecified atom stereocenters. The van der Waals surface area contributed by atoms with Crippen molar-refractivity contribution in [1.29, 1.82) is 0 Å². The van der Waals surface area contributed by atoms with Gasteiger partial charge in [0.05, 0.1) is 24.2 Å². The molecule has 2 aromatic heterocycles. The van der Waals surface area contributed by atoms with E-state index in [2.05, 4.69) is 4.72 Å². The monoisotopic (exact) mass is 432 g/mol. The molecule has 0 radical (unpaired) electrons. The average Bonchev–Trinajstić information content (AvgIpc) is 3.37. The molecule has 0 fully saturated rings. The number of rotatable bonds is 9. The second kappa shape index (κ2) is 9.39. The molecule has 3 rings (SSSR count). The van der Waals surface area contributed by atoms with Crippen LogP contribution in [0.4, 0.5) is 0 Å². The SMILES string of the molecule is Cc1ccc(S(=O)(=O)NCCC(=O)N(Cc2ccco2)Cc2cccs2)cc1C. The normalized spacial score (nSPS) is 11.5. The largest absolute Gasteiger partial charge is 0.467 e. The number of nitrogens with zero attached hydrogens (tertiary/aromatic N) is 1. The zero-order valence-electron chi connectivity index (χ0n) is 16.4. The van der Waals surface area contributed by atoms with Crippen molar-refractivity contribution < 1.29 is 17.6 Å². The van der Waals surface area contributed by atoms with Crippen LogP contribution in [0.1, 0.15) is 28.2 Å². The van der Waals surface area contributed by atoms with Crippen molar-refractivity contribution in [2.45, 2.75) is 38.3 Å². The lowest BCUT2D eigenvalue weighted by atomic mass is 10.1. The molecule has 3 aromatic rings. The van der Waals surface area contributed by atoms with Gasteiger partial charge in [0.15, 0.2) is 0 Å². The fourth-order valence-electron chi connectivity index (χ4n) is 2.83. The Morgan fingerprint density at radius 3 is 2.59 bits per heavy atom. The van der Waals surface area contributed by atoms with Gasteiger partial charge in [-0.15, -0.1) is 11.3 Å². The van der Waals surface area contributed by atoms with Crippen molar-refractivity contribution in [2.24, 2.45) is 0 Å². The van der Waals surface area contributed by atoms with Gasteiger partial charge in [-0.1, -0.05) is 12.1 Å². The minimum Gasteiger partial charge on any atom is -0.467 e. The Morgan fingerprint density at radius 1 is 1.10 bits per heavy atom. The van der Waals surface area contributed by atoms with Crippen LogP contribution in [-0.2, 0) is 27.9 Å². The third-order valence-corrected chi connectivity index (χ3v) is 6.95. The van der Waals surface area contributed by atoms with E-state index in [9.17, 15) is 13.2 Å². The summed E-state index contributed by atoms with van der Waals surface area (Å²) >= 11 is 1.57. The van der Waals surface area contributed by atoms with E-state index in [1.54, 1.807) is 46.8 Å². The topological polar surface area (TPSA) is 79.6 Å². The maximum absolute atomic E-state index is 12.8. The van der Waals surface area contributed by atoms with E-state index in [0.717, 1.165) is 16.0 Å². The molecule has 0 aliphatic heterocycles. The van der Waals surface area contributed by atoms with Gasteiger partial charge in [-0.05, 0) is 60.7 Å². The number of amides is 1. The third kappa shape index (κ3) is 5.79. The number of carbonyl (C=O) groups excluding carboxylic acids is 1. The van der Waals surface area contributed by atoms with E-state index in [0.29, 0.717) is 18.8 Å². The molecule has 29 heavy (non-hydrogen) atoms. The van der Waals surface area contributed by atoms with Crippen molar-refractivity contribution in [3.63, 3.8) is 0 Å². The Morgan fingerprint density at radius 2 is 1.93 bits per heavy atom. The van der Waals surface area contributed by atoms with E-state index >= 15 is 0 Å². The van der Waals surface area contributed by atoms with Crippen LogP contribution in [0.5, 0.6) is 0 Å². The maximum atomic E-state index is 12.8. The van der Waals surface area contributed by atoms with Crippen LogP contribution in [0.25, 0.3) is 0 Å². The smallest absolute Gasteiger partial charge is 0.240 e. The molecule has 1 N–H and O–H groups in total. The fourth-order valence-corrected chi connectivity index (χ4v) is 4.66. The Labute approximate surface area is 175 Å². The Hall–Kier alpha value is -2.42. The lowest BCUT2D eigenvalue weighted by Crippen LogP contribution is -2.33. The highest BCUT2D eigenvalue weighted by Crippen LogP contribution is 2.17. The molecule has 0 saturated heterocycles. The first-order valence-electron chi connectivity index (χ1n) is 9.24. The molecule has 154 valence electrons. The van der Waals surface area contributed by atoms with Crippen LogP contribution in [0.2, 0.25) is 0 Å². The second-order valence-electron chi connectivity index (χ2n) is 6.80. The van der Waals surface area contributed by atoms with Crippen molar-refractivity contribution >= 4 is 27.3 Å². The van der Waals surface area contributed by atoms with Crippen LogP contribution in [0, 0.1) is 13.8 Å². The summed E-state index contributed by atoms with van der Waals surface area (Å²) in [4.78, 5) is 15.7. The molecule has 6 nitrogen and oxygen atoms in total. The summed E-state index contributed by atoms with van der Waals surface area (Å²) in [5, 5.41) is 1.96. The number of furan rings is 1. The summed E-state index contributed by atoms with van der Waals surface area (Å²) in [6, 6.07) is 12.5. The molecule has 0 aliphatic carbocycles. The van der Waals surface area contributed by atoms with Gasteiger partial charge in [-0.2, -0.15) is 0 Å². The minimum atomic E-state index is -3.66. The Bertz CT molecular complexity index is 1010. The highest BCUT2D eigenvalue weighted by Gasteiger charge is 2.19. The van der Waals surface area contributed by atoms with E-state index in [4.69, 9.17) is 4.42 Å². The summed E-state index contributed by atoms with van der Waals surface area (Å²) < 4.78 is 32.9. The highest BCUT2D eigenvalue weighted by atomic mass is 32.2. The molecule has 0 atom stereocenters. The van der Waals surface area contributed by atoms with Crippen molar-refractivity contribution in [3.05, 3.63) is 75.9 Å². The van der Waals surface area contributed by atoms with Crippen LogP contribution < -0.4 is 4.72 Å². The molecule has 0 saturated carbocycles. The van der Waals surface area contributed by atoms with Crippen molar-refractivity contribution in [2.75, 3.05) is 6.54 Å². The number of hydrogen-bond donors (Lipinski definition) is 1. The molecule has 0 bridgehead atoms. The molecule has 2 heterocycles. The summed E-state index contributed by atoms with van der Waals surface area (Å²) in [6.45, 7) is 4.63. The van der Waals surface area contributed by atoms with Gasteiger partial charge in [-0.3, -0.25) is 4.79 Å². The fraction of sp³-hybridized carbons (Fsp3) is 0.286. The quantitative estimate of drug-likeness (QED) is 0.557. The summed E-state index contributed by atoms with van der Waals surface area (Å²) in [6.07, 6.45) is 1.64. The standard InChI is InChI=1S/C21H24N2O4S2/c1-16-7-8-20(13-17(16)2)29(25,26)22-10-9-21(24)23(14-18-5-3-11-27-18)15-19-6-4-12-28-19/h3-8,11-13,22H,9-10,14-15H2,1-2H3.